The van der Waals surface area contributed by atoms with Gasteiger partial charge in [0.15, 0.2) is 11.5 Å². The van der Waals surface area contributed by atoms with Crippen LogP contribution in [-0.2, 0) is 63.7 Å². The van der Waals surface area contributed by atoms with Gasteiger partial charge in [-0.1, -0.05) is 18.2 Å². The Morgan fingerprint density at radius 3 is 2.17 bits per heavy atom. The second kappa shape index (κ2) is 17.0. The number of fused-ring (bicyclic) bond motifs is 1. The van der Waals surface area contributed by atoms with Gasteiger partial charge >= 0.3 is 47.2 Å². The number of amides is 1. The number of aromatic amines is 1. The van der Waals surface area contributed by atoms with Crippen molar-refractivity contribution in [2.45, 2.75) is 108 Å². The summed E-state index contributed by atoms with van der Waals surface area (Å²) < 4.78 is 53.7. The topological polar surface area (TPSA) is 290 Å². The van der Waals surface area contributed by atoms with Crippen molar-refractivity contribution < 1.29 is 88.3 Å². The summed E-state index contributed by atoms with van der Waals surface area (Å²) in [6, 6.07) is 3.98. The summed E-state index contributed by atoms with van der Waals surface area (Å²) in [4.78, 5) is 85.9. The molecule has 2 aromatic rings. The van der Waals surface area contributed by atoms with Crippen molar-refractivity contribution >= 4 is 58.4 Å². The number of aliphatic hydroxyl groups excluding tert-OH is 1. The maximum Gasteiger partial charge on any atom is 0.350 e. The van der Waals surface area contributed by atoms with Gasteiger partial charge in [0.1, 0.15) is 12.1 Å². The lowest BCUT2D eigenvalue weighted by atomic mass is 9.87. The number of carbonyl (C=O) groups excluding carboxylic acids is 5. The van der Waals surface area contributed by atoms with Crippen LogP contribution in [0.25, 0.3) is 10.9 Å². The van der Waals surface area contributed by atoms with Crippen LogP contribution in [0.1, 0.15) is 59.4 Å². The first-order chi connectivity index (χ1) is 27.0. The van der Waals surface area contributed by atoms with Crippen molar-refractivity contribution in [2.24, 2.45) is 0 Å². The Labute approximate surface area is 318 Å². The molecule has 1 aliphatic rings. The summed E-state index contributed by atoms with van der Waals surface area (Å²) in [5.41, 5.74) is 0.615. The van der Waals surface area contributed by atoms with Crippen LogP contribution in [0.2, 0.25) is 0 Å². The van der Waals surface area contributed by atoms with Gasteiger partial charge in [0.25, 0.3) is 0 Å². The molecule has 0 radical (unpaired) electrons. The Kier molecular flexibility index (Phi) is 11.9. The molecule has 1 saturated heterocycles. The van der Waals surface area contributed by atoms with E-state index in [1.165, 1.54) is 0 Å². The number of hydrogen-bond donors (Lipinski definition) is 7. The number of esters is 4. The predicted molar refractivity (Wildman–Crippen MR) is 183 cm³/mol. The third kappa shape index (κ3) is 9.65. The molecule has 2 heterocycles. The number of para-hydroxylation sites is 1. The molecule has 0 bridgehead atoms. The number of rotatable bonds is 15. The van der Waals surface area contributed by atoms with Crippen LogP contribution < -0.4 is 5.48 Å². The maximum absolute atomic E-state index is 14.1. The van der Waals surface area contributed by atoms with E-state index in [0.717, 1.165) is 22.9 Å². The Hall–Kier alpha value is -4.35. The molecular weight excluding hydrogens is 742 g/mol. The standard InChI is InChI=1S/C33H45N3O17S/c1-16(37)48-28(44)25-31(45,50-17(2)38)33(47,52-19(4)40)32(46,51-18(3)39)29(49-25)54-15-24(27(42)43)36(8)26(41)23(35-53-30(5,6)7)13-20-14-34-22-12-10-9-11-21(20)22/h9-12,14,23-25,28-29,34-35,44-47H,13,15H2,1-8H3,(H,42,43)/t23-,24-,25+,28?,29?,31-,32+,33+/m0/s1/i1D,2D,3D,4D. The van der Waals surface area contributed by atoms with Crippen LogP contribution in [0, 0.1) is 0 Å². The van der Waals surface area contributed by atoms with E-state index in [9.17, 15) is 54.3 Å². The summed E-state index contributed by atoms with van der Waals surface area (Å²) >= 11 is 0.0662. The van der Waals surface area contributed by atoms with E-state index >= 15 is 0 Å². The lowest BCUT2D eigenvalue weighted by Gasteiger charge is -2.56. The monoisotopic (exact) mass is 791 g/mol. The molecule has 0 aliphatic carbocycles. The van der Waals surface area contributed by atoms with E-state index in [1.54, 1.807) is 51.2 Å². The normalized spacial score (nSPS) is 26.8. The molecular formula is C33H45N3O17S. The SMILES string of the molecule is [2H]CC(=O)OC(O)[C@H]1OC(SC[C@@H](C(=O)O)N(C)C(=O)[C@H](Cc2c[nH]c3ccccc23)NOC(C)(C)C)[C@@](O)(OC(=O)C[2H])[C@](O)(OC(=O)C[2H])[C@@]1(O)OC(=O)C[2H]. The van der Waals surface area contributed by atoms with E-state index in [2.05, 4.69) is 15.2 Å². The van der Waals surface area contributed by atoms with Gasteiger partial charge in [-0.3, -0.25) is 28.8 Å². The summed E-state index contributed by atoms with van der Waals surface area (Å²) in [5, 5.41) is 57.6. The number of H-pyrrole nitrogens is 1. The molecule has 1 aromatic heterocycles. The number of aromatic nitrogens is 1. The Morgan fingerprint density at radius 1 is 0.981 bits per heavy atom. The Morgan fingerprint density at radius 2 is 1.57 bits per heavy atom. The van der Waals surface area contributed by atoms with E-state index in [1.807, 2.05) is 0 Å². The van der Waals surface area contributed by atoms with Crippen LogP contribution in [-0.4, -0.2) is 137 Å². The van der Waals surface area contributed by atoms with Crippen molar-refractivity contribution in [3.63, 3.8) is 0 Å². The zero-order chi connectivity index (χ0) is 43.8. The second-order valence-electron chi connectivity index (χ2n) is 12.8. The fraction of sp³-hybridized carbons (Fsp3) is 0.576. The van der Waals surface area contributed by atoms with Crippen LogP contribution in [0.4, 0.5) is 0 Å². The van der Waals surface area contributed by atoms with Gasteiger partial charge in [-0.05, 0) is 32.4 Å². The molecule has 7 N–H and O–H groups in total. The molecule has 54 heavy (non-hydrogen) atoms. The van der Waals surface area contributed by atoms with Gasteiger partial charge in [-0.15, -0.1) is 11.8 Å². The summed E-state index contributed by atoms with van der Waals surface area (Å²) in [7, 11) is 1.09. The van der Waals surface area contributed by atoms with Crippen molar-refractivity contribution in [3.8, 4) is 0 Å². The number of ether oxygens (including phenoxy) is 5. The zero-order valence-corrected chi connectivity index (χ0v) is 30.3. The van der Waals surface area contributed by atoms with Crippen LogP contribution in [0.3, 0.4) is 0 Å². The maximum atomic E-state index is 14.1. The average molecular weight is 792 g/mol. The third-order valence-corrected chi connectivity index (χ3v) is 8.91. The zero-order valence-electron chi connectivity index (χ0n) is 33.5. The molecule has 300 valence electrons. The van der Waals surface area contributed by atoms with Gasteiger partial charge in [-0.2, -0.15) is 5.48 Å². The van der Waals surface area contributed by atoms with E-state index in [4.69, 9.17) is 29.3 Å². The number of carboxylic acids is 1. The number of thioether (sulfide) groups is 1. The molecule has 1 amide bonds. The number of carboxylic acid groups (broad SMARTS) is 1. The average Bonchev–Trinajstić information content (AvgIpc) is 3.57. The van der Waals surface area contributed by atoms with E-state index < -0.39 is 122 Å². The van der Waals surface area contributed by atoms with Crippen LogP contribution in [0.5, 0.6) is 0 Å². The number of aliphatic hydroxyl groups is 4. The minimum absolute atomic E-state index is 0.0437. The molecule has 21 heteroatoms. The van der Waals surface area contributed by atoms with Gasteiger partial charge in [0.05, 0.1) is 5.60 Å². The number of aliphatic carboxylic acids is 1. The lowest BCUT2D eigenvalue weighted by Crippen LogP contribution is -2.83. The van der Waals surface area contributed by atoms with Crippen molar-refractivity contribution in [1.29, 1.82) is 0 Å². The van der Waals surface area contributed by atoms with Gasteiger partial charge < -0.3 is 59.1 Å². The first-order valence-electron chi connectivity index (χ1n) is 18.5. The number of hydrogen-bond acceptors (Lipinski definition) is 18. The summed E-state index contributed by atoms with van der Waals surface area (Å²) in [5.74, 6) is -23.1. The molecule has 1 aromatic carbocycles. The number of carbonyl (C=O) groups is 6. The fourth-order valence-electron chi connectivity index (χ4n) is 5.31. The minimum Gasteiger partial charge on any atom is -0.480 e. The largest absolute Gasteiger partial charge is 0.480 e. The molecule has 2 unspecified atom stereocenters. The van der Waals surface area contributed by atoms with Crippen LogP contribution in [0.15, 0.2) is 30.5 Å². The quantitative estimate of drug-likeness (QED) is 0.0513. The van der Waals surface area contributed by atoms with Gasteiger partial charge in [0.2, 0.25) is 12.2 Å². The van der Waals surface area contributed by atoms with Crippen molar-refractivity contribution in [1.82, 2.24) is 15.4 Å². The highest BCUT2D eigenvalue weighted by molar-refractivity contribution is 7.99. The first-order valence-corrected chi connectivity index (χ1v) is 16.7. The van der Waals surface area contributed by atoms with Gasteiger partial charge in [-0.25, -0.2) is 4.79 Å². The number of likely N-dealkylation sites (N-methyl/N-ethyl adjacent to an activating group) is 1. The van der Waals surface area contributed by atoms with Crippen LogP contribution >= 0.6 is 11.8 Å². The Balaban J connectivity index is 2.13. The number of nitrogens with one attached hydrogen (secondary N) is 2. The first kappa shape index (κ1) is 37.9. The van der Waals surface area contributed by atoms with E-state index in [0.29, 0.717) is 5.56 Å². The number of benzene rings is 1. The number of hydroxylamine groups is 1. The highest BCUT2D eigenvalue weighted by Gasteiger charge is 2.81. The van der Waals surface area contributed by atoms with Crippen molar-refractivity contribution in [3.05, 3.63) is 36.0 Å². The Bertz CT molecular complexity index is 1820. The molecule has 1 aliphatic heterocycles. The highest BCUT2D eigenvalue weighted by Crippen LogP contribution is 2.51. The van der Waals surface area contributed by atoms with E-state index in [-0.39, 0.29) is 18.2 Å². The summed E-state index contributed by atoms with van der Waals surface area (Å²) in [6.07, 6.45) is -4.23. The lowest BCUT2D eigenvalue weighted by molar-refractivity contribution is -0.509. The second-order valence-corrected chi connectivity index (χ2v) is 13.9. The molecule has 0 saturated carbocycles. The fourth-order valence-corrected chi connectivity index (χ4v) is 6.67. The summed E-state index contributed by atoms with van der Waals surface area (Å²) in [6.45, 7) is -0.259. The number of nitrogens with zero attached hydrogens (tertiary/aromatic N) is 1. The minimum atomic E-state index is -4.41. The third-order valence-electron chi connectivity index (χ3n) is 7.67. The molecule has 20 nitrogen and oxygen atoms in total. The van der Waals surface area contributed by atoms with Crippen molar-refractivity contribution in [2.75, 3.05) is 12.8 Å². The smallest absolute Gasteiger partial charge is 0.350 e. The molecule has 1 fully saturated rings. The highest BCUT2D eigenvalue weighted by atomic mass is 32.2. The molecule has 3 rings (SSSR count). The predicted octanol–water partition coefficient (Wildman–Crippen LogP) is -0.595. The molecule has 8 atom stereocenters. The molecule has 0 spiro atoms. The van der Waals surface area contributed by atoms with Gasteiger partial charge in [0, 0.05) is 69.4 Å².